The van der Waals surface area contributed by atoms with Gasteiger partial charge in [0.25, 0.3) is 0 Å². The molecule has 0 aromatic rings. The summed E-state index contributed by atoms with van der Waals surface area (Å²) in [6.45, 7) is 2.52. The molecule has 5 aliphatic carbocycles. The first-order chi connectivity index (χ1) is 13.2. The largest absolute Gasteiger partial charge is 0.495 e. The molecule has 3 saturated carbocycles. The third-order valence-corrected chi connectivity index (χ3v) is 9.30. The van der Waals surface area contributed by atoms with Gasteiger partial charge in [0.15, 0.2) is 0 Å². The quantitative estimate of drug-likeness (QED) is 0.428. The zero-order valence-corrected chi connectivity index (χ0v) is 17.1. The van der Waals surface area contributed by atoms with Crippen LogP contribution in [0.5, 0.6) is 0 Å². The van der Waals surface area contributed by atoms with Crippen molar-refractivity contribution in [2.75, 3.05) is 0 Å². The zero-order valence-electron chi connectivity index (χ0n) is 17.1. The number of rotatable bonds is 3. The van der Waals surface area contributed by atoms with Crippen molar-refractivity contribution in [2.24, 2.45) is 28.6 Å². The van der Waals surface area contributed by atoms with Gasteiger partial charge in [-0.15, -0.1) is 0 Å². The van der Waals surface area contributed by atoms with Crippen LogP contribution in [-0.4, -0.2) is 12.4 Å². The standard InChI is InChI=1S/C25H36O2/c1-24-16-14-22-20(11-10-18-7-5-6-15-25(18,22)17-26)21(24)12-13-23(24)27-19-8-3-2-4-9-19/h7-8,17,20-23H,2-6,9-16H2,1H3/t20-,21-,22+,23?,24-,25+/m0/s1. The Hall–Kier alpha value is -1.05. The lowest BCUT2D eigenvalue weighted by atomic mass is 9.47. The monoisotopic (exact) mass is 368 g/mol. The minimum atomic E-state index is -0.104. The van der Waals surface area contributed by atoms with E-state index < -0.39 is 0 Å². The number of ether oxygens (including phenoxy) is 1. The van der Waals surface area contributed by atoms with Gasteiger partial charge in [-0.2, -0.15) is 0 Å². The molecule has 0 aliphatic heterocycles. The Morgan fingerprint density at radius 1 is 0.963 bits per heavy atom. The van der Waals surface area contributed by atoms with Crippen molar-refractivity contribution in [1.82, 2.24) is 0 Å². The van der Waals surface area contributed by atoms with Crippen LogP contribution in [-0.2, 0) is 9.53 Å². The molecule has 0 N–H and O–H groups in total. The van der Waals surface area contributed by atoms with E-state index in [9.17, 15) is 4.79 Å². The van der Waals surface area contributed by atoms with E-state index in [-0.39, 0.29) is 5.41 Å². The van der Waals surface area contributed by atoms with E-state index in [0.29, 0.717) is 17.4 Å². The Balaban J connectivity index is 1.40. The molecule has 0 heterocycles. The lowest BCUT2D eigenvalue weighted by molar-refractivity contribution is -0.128. The van der Waals surface area contributed by atoms with Crippen LogP contribution in [0.1, 0.15) is 90.4 Å². The maximum Gasteiger partial charge on any atom is 0.130 e. The second-order valence-electron chi connectivity index (χ2n) is 10.3. The van der Waals surface area contributed by atoms with E-state index in [1.807, 2.05) is 0 Å². The molecule has 0 aromatic carbocycles. The smallest absolute Gasteiger partial charge is 0.130 e. The molecule has 5 aliphatic rings. The second kappa shape index (κ2) is 6.78. The summed E-state index contributed by atoms with van der Waals surface area (Å²) < 4.78 is 6.64. The highest BCUT2D eigenvalue weighted by atomic mass is 16.5. The summed E-state index contributed by atoms with van der Waals surface area (Å²) >= 11 is 0. The van der Waals surface area contributed by atoms with Gasteiger partial charge in [-0.25, -0.2) is 0 Å². The minimum Gasteiger partial charge on any atom is -0.495 e. The van der Waals surface area contributed by atoms with Gasteiger partial charge in [-0.3, -0.25) is 0 Å². The van der Waals surface area contributed by atoms with Crippen LogP contribution in [0.15, 0.2) is 23.5 Å². The number of carbonyl (C=O) groups excluding carboxylic acids is 1. The molecule has 1 unspecified atom stereocenters. The van der Waals surface area contributed by atoms with E-state index in [2.05, 4.69) is 19.1 Å². The summed E-state index contributed by atoms with van der Waals surface area (Å²) in [6.07, 6.45) is 22.5. The number of allylic oxidation sites excluding steroid dienone is 4. The van der Waals surface area contributed by atoms with Crippen LogP contribution in [0.2, 0.25) is 0 Å². The predicted molar refractivity (Wildman–Crippen MR) is 108 cm³/mol. The molecule has 0 spiro atoms. The lowest BCUT2D eigenvalue weighted by Gasteiger charge is -2.57. The van der Waals surface area contributed by atoms with Crippen molar-refractivity contribution in [1.29, 1.82) is 0 Å². The van der Waals surface area contributed by atoms with Gasteiger partial charge in [0.05, 0.1) is 5.76 Å². The molecule has 148 valence electrons. The van der Waals surface area contributed by atoms with Crippen molar-refractivity contribution in [2.45, 2.75) is 96.5 Å². The summed E-state index contributed by atoms with van der Waals surface area (Å²) in [5.41, 5.74) is 1.72. The van der Waals surface area contributed by atoms with E-state index in [4.69, 9.17) is 4.74 Å². The molecule has 2 heteroatoms. The molecule has 3 fully saturated rings. The van der Waals surface area contributed by atoms with Crippen molar-refractivity contribution in [3.05, 3.63) is 23.5 Å². The molecule has 0 amide bonds. The Kier molecular flexibility index (Phi) is 4.52. The third kappa shape index (κ3) is 2.69. The van der Waals surface area contributed by atoms with E-state index in [1.165, 1.54) is 88.2 Å². The Bertz CT molecular complexity index is 661. The molecular formula is C25H36O2. The highest BCUT2D eigenvalue weighted by molar-refractivity contribution is 5.67. The highest BCUT2D eigenvalue weighted by Crippen LogP contribution is 2.65. The van der Waals surface area contributed by atoms with Crippen molar-refractivity contribution in [3.63, 3.8) is 0 Å². The van der Waals surface area contributed by atoms with Crippen molar-refractivity contribution in [3.8, 4) is 0 Å². The Morgan fingerprint density at radius 2 is 1.85 bits per heavy atom. The number of carbonyl (C=O) groups is 1. The molecule has 5 rings (SSSR count). The maximum absolute atomic E-state index is 12.4. The van der Waals surface area contributed by atoms with Gasteiger partial charge in [0.1, 0.15) is 12.4 Å². The van der Waals surface area contributed by atoms with E-state index in [0.717, 1.165) is 24.7 Å². The normalized spacial score (nSPS) is 46.4. The highest BCUT2D eigenvalue weighted by Gasteiger charge is 2.60. The van der Waals surface area contributed by atoms with Crippen molar-refractivity contribution < 1.29 is 9.53 Å². The molecule has 0 saturated heterocycles. The average molecular weight is 369 g/mol. The van der Waals surface area contributed by atoms with Gasteiger partial charge in [-0.1, -0.05) is 18.6 Å². The second-order valence-corrected chi connectivity index (χ2v) is 10.3. The molecular weight excluding hydrogens is 332 g/mol. The van der Waals surface area contributed by atoms with Crippen LogP contribution < -0.4 is 0 Å². The predicted octanol–water partition coefficient (Wildman–Crippen LogP) is 6.36. The first kappa shape index (κ1) is 18.0. The summed E-state index contributed by atoms with van der Waals surface area (Å²) in [5, 5.41) is 0. The topological polar surface area (TPSA) is 26.3 Å². The summed E-state index contributed by atoms with van der Waals surface area (Å²) in [4.78, 5) is 12.4. The van der Waals surface area contributed by atoms with E-state index in [1.54, 1.807) is 0 Å². The van der Waals surface area contributed by atoms with Crippen LogP contribution in [0.4, 0.5) is 0 Å². The van der Waals surface area contributed by atoms with Crippen LogP contribution in [0.3, 0.4) is 0 Å². The molecule has 6 atom stereocenters. The number of aldehydes is 1. The van der Waals surface area contributed by atoms with Gasteiger partial charge >= 0.3 is 0 Å². The summed E-state index contributed by atoms with van der Waals surface area (Å²) in [7, 11) is 0. The van der Waals surface area contributed by atoms with Gasteiger partial charge in [-0.05, 0) is 101 Å². The summed E-state index contributed by atoms with van der Waals surface area (Å²) in [5.74, 6) is 3.37. The lowest BCUT2D eigenvalue weighted by Crippen LogP contribution is -2.52. The van der Waals surface area contributed by atoms with E-state index >= 15 is 0 Å². The molecule has 0 aromatic heterocycles. The number of fused-ring (bicyclic) bond motifs is 5. The Labute approximate surface area is 164 Å². The first-order valence-electron chi connectivity index (χ1n) is 11.7. The SMILES string of the molecule is C[C@]12CC[C@@H]3[C@@H](CCC4=CCCC[C@@]43C=O)[C@@H]1CCC2OC1=CCCCC1. The fourth-order valence-electron chi connectivity index (χ4n) is 7.90. The zero-order chi connectivity index (χ0) is 18.5. The average Bonchev–Trinajstić information content (AvgIpc) is 3.04. The molecule has 2 nitrogen and oxygen atoms in total. The molecule has 27 heavy (non-hydrogen) atoms. The fraction of sp³-hybridized carbons (Fsp3) is 0.800. The number of hydrogen-bond acceptors (Lipinski definition) is 2. The Morgan fingerprint density at radius 3 is 2.67 bits per heavy atom. The first-order valence-corrected chi connectivity index (χ1v) is 11.7. The number of hydrogen-bond donors (Lipinski definition) is 0. The summed E-state index contributed by atoms with van der Waals surface area (Å²) in [6, 6.07) is 0. The molecule has 0 radical (unpaired) electrons. The van der Waals surface area contributed by atoms with Crippen molar-refractivity contribution >= 4 is 6.29 Å². The fourth-order valence-corrected chi connectivity index (χ4v) is 7.90. The maximum atomic E-state index is 12.4. The third-order valence-electron chi connectivity index (χ3n) is 9.30. The minimum absolute atomic E-state index is 0.104. The van der Waals surface area contributed by atoms with Crippen LogP contribution in [0.25, 0.3) is 0 Å². The molecule has 0 bridgehead atoms. The van der Waals surface area contributed by atoms with Crippen LogP contribution in [0, 0.1) is 28.6 Å². The van der Waals surface area contributed by atoms with Gasteiger partial charge in [0, 0.05) is 17.3 Å². The van der Waals surface area contributed by atoms with Crippen LogP contribution >= 0.6 is 0 Å². The van der Waals surface area contributed by atoms with Gasteiger partial charge in [0.2, 0.25) is 0 Å². The van der Waals surface area contributed by atoms with Gasteiger partial charge < -0.3 is 9.53 Å².